The van der Waals surface area contributed by atoms with E-state index >= 15 is 0 Å². The topological polar surface area (TPSA) is 35.5 Å². The molecule has 17 heavy (non-hydrogen) atoms. The van der Waals surface area contributed by atoms with Crippen LogP contribution in [0.15, 0.2) is 24.3 Å². The fraction of sp³-hybridized carbons (Fsp3) is 0.500. The van der Waals surface area contributed by atoms with E-state index in [2.05, 4.69) is 0 Å². The Morgan fingerprint density at radius 3 is 2.35 bits per heavy atom. The van der Waals surface area contributed by atoms with E-state index in [0.717, 1.165) is 5.56 Å². The van der Waals surface area contributed by atoms with Gasteiger partial charge in [0.2, 0.25) is 0 Å². The van der Waals surface area contributed by atoms with Crippen molar-refractivity contribution in [1.82, 2.24) is 0 Å². The zero-order chi connectivity index (χ0) is 13.1. The van der Waals surface area contributed by atoms with E-state index in [9.17, 15) is 4.79 Å². The van der Waals surface area contributed by atoms with Gasteiger partial charge in [-0.1, -0.05) is 18.2 Å². The second-order valence-corrected chi connectivity index (χ2v) is 5.00. The smallest absolute Gasteiger partial charge is 0.313 e. The average molecular weight is 236 g/mol. The highest BCUT2D eigenvalue weighted by Crippen LogP contribution is 2.28. The van der Waals surface area contributed by atoms with E-state index < -0.39 is 5.60 Å². The molecule has 1 rings (SSSR count). The molecule has 0 N–H and O–H groups in total. The Labute approximate surface area is 103 Å². The molecule has 0 spiro atoms. The summed E-state index contributed by atoms with van der Waals surface area (Å²) in [5.74, 6) is 0.151. The van der Waals surface area contributed by atoms with Gasteiger partial charge in [0.1, 0.15) is 11.4 Å². The number of benzene rings is 1. The second kappa shape index (κ2) is 5.21. The Bertz CT molecular complexity index is 391. The summed E-state index contributed by atoms with van der Waals surface area (Å²) >= 11 is 0. The molecule has 0 saturated heterocycles. The first-order valence-corrected chi connectivity index (χ1v) is 5.71. The maximum absolute atomic E-state index is 11.9. The van der Waals surface area contributed by atoms with E-state index in [4.69, 9.17) is 9.47 Å². The van der Waals surface area contributed by atoms with Gasteiger partial charge in [-0.05, 0) is 33.8 Å². The number of hydrogen-bond donors (Lipinski definition) is 0. The van der Waals surface area contributed by atoms with Crippen LogP contribution < -0.4 is 4.74 Å². The van der Waals surface area contributed by atoms with Crippen LogP contribution >= 0.6 is 0 Å². The van der Waals surface area contributed by atoms with Crippen molar-refractivity contribution in [2.75, 3.05) is 7.11 Å². The number of esters is 1. The van der Waals surface area contributed by atoms with Gasteiger partial charge in [0, 0.05) is 5.56 Å². The molecule has 1 atom stereocenters. The van der Waals surface area contributed by atoms with Crippen LogP contribution in [0, 0.1) is 0 Å². The van der Waals surface area contributed by atoms with Gasteiger partial charge in [-0.3, -0.25) is 4.79 Å². The van der Waals surface area contributed by atoms with Gasteiger partial charge < -0.3 is 9.47 Å². The summed E-state index contributed by atoms with van der Waals surface area (Å²) in [6.07, 6.45) is 0. The number of methoxy groups -OCH3 is 1. The highest BCUT2D eigenvalue weighted by molar-refractivity contribution is 5.79. The monoisotopic (exact) mass is 236 g/mol. The minimum atomic E-state index is -0.465. The number of carbonyl (C=O) groups excluding carboxylic acids is 1. The van der Waals surface area contributed by atoms with Crippen molar-refractivity contribution < 1.29 is 14.3 Å². The van der Waals surface area contributed by atoms with E-state index in [1.165, 1.54) is 0 Å². The molecule has 1 aromatic rings. The molecule has 0 radical (unpaired) electrons. The molecule has 0 aromatic heterocycles. The first-order valence-electron chi connectivity index (χ1n) is 5.71. The van der Waals surface area contributed by atoms with E-state index in [0.29, 0.717) is 5.75 Å². The Morgan fingerprint density at radius 1 is 1.24 bits per heavy atom. The van der Waals surface area contributed by atoms with Gasteiger partial charge in [-0.25, -0.2) is 0 Å². The van der Waals surface area contributed by atoms with Gasteiger partial charge in [0.25, 0.3) is 0 Å². The molecule has 0 aliphatic carbocycles. The molecule has 3 heteroatoms. The standard InChI is InChI=1S/C14H20O3/c1-10(13(15)17-14(2,3)4)11-8-6-7-9-12(11)16-5/h6-10H,1-5H3/t10-/m0/s1. The van der Waals surface area contributed by atoms with Crippen molar-refractivity contribution >= 4 is 5.97 Å². The molecule has 0 fully saturated rings. The fourth-order valence-electron chi connectivity index (χ4n) is 1.54. The quantitative estimate of drug-likeness (QED) is 0.756. The maximum atomic E-state index is 11.9. The Hall–Kier alpha value is -1.51. The van der Waals surface area contributed by atoms with Crippen molar-refractivity contribution in [2.24, 2.45) is 0 Å². The lowest BCUT2D eigenvalue weighted by Crippen LogP contribution is -2.27. The lowest BCUT2D eigenvalue weighted by Gasteiger charge is -2.23. The van der Waals surface area contributed by atoms with Gasteiger partial charge in [0.05, 0.1) is 13.0 Å². The summed E-state index contributed by atoms with van der Waals surface area (Å²) in [7, 11) is 1.60. The molecular formula is C14H20O3. The van der Waals surface area contributed by atoms with Crippen LogP contribution in [0.2, 0.25) is 0 Å². The summed E-state index contributed by atoms with van der Waals surface area (Å²) in [5.41, 5.74) is 0.386. The summed E-state index contributed by atoms with van der Waals surface area (Å²) in [5, 5.41) is 0. The van der Waals surface area contributed by atoms with Gasteiger partial charge in [0.15, 0.2) is 0 Å². The third kappa shape index (κ3) is 3.77. The predicted octanol–water partition coefficient (Wildman–Crippen LogP) is 3.14. The molecule has 0 unspecified atom stereocenters. The summed E-state index contributed by atoms with van der Waals surface area (Å²) in [4.78, 5) is 11.9. The van der Waals surface area contributed by atoms with Crippen LogP contribution in [0.1, 0.15) is 39.2 Å². The minimum absolute atomic E-state index is 0.234. The zero-order valence-electron chi connectivity index (χ0n) is 11.1. The normalized spacial score (nSPS) is 13.0. The molecule has 0 aliphatic rings. The molecule has 0 saturated carbocycles. The molecule has 0 bridgehead atoms. The number of para-hydroxylation sites is 1. The number of hydrogen-bond acceptors (Lipinski definition) is 3. The Kier molecular flexibility index (Phi) is 4.16. The van der Waals surface area contributed by atoms with Crippen molar-refractivity contribution in [2.45, 2.75) is 39.2 Å². The molecule has 0 heterocycles. The van der Waals surface area contributed by atoms with E-state index in [-0.39, 0.29) is 11.9 Å². The minimum Gasteiger partial charge on any atom is -0.496 e. The maximum Gasteiger partial charge on any atom is 0.313 e. The first kappa shape index (κ1) is 13.6. The van der Waals surface area contributed by atoms with Crippen molar-refractivity contribution in [3.8, 4) is 5.75 Å². The van der Waals surface area contributed by atoms with E-state index in [1.54, 1.807) is 7.11 Å². The van der Waals surface area contributed by atoms with Crippen LogP contribution in [-0.2, 0) is 9.53 Å². The molecule has 0 aliphatic heterocycles. The summed E-state index contributed by atoms with van der Waals surface area (Å²) in [6, 6.07) is 7.49. The van der Waals surface area contributed by atoms with Crippen LogP contribution in [-0.4, -0.2) is 18.7 Å². The Morgan fingerprint density at radius 2 is 1.82 bits per heavy atom. The van der Waals surface area contributed by atoms with Gasteiger partial charge >= 0.3 is 5.97 Å². The third-order valence-corrected chi connectivity index (χ3v) is 2.37. The Balaban J connectivity index is 2.89. The van der Waals surface area contributed by atoms with Crippen LogP contribution in [0.4, 0.5) is 0 Å². The average Bonchev–Trinajstić information content (AvgIpc) is 2.25. The third-order valence-electron chi connectivity index (χ3n) is 2.37. The zero-order valence-corrected chi connectivity index (χ0v) is 11.1. The highest BCUT2D eigenvalue weighted by atomic mass is 16.6. The molecule has 94 valence electrons. The largest absolute Gasteiger partial charge is 0.496 e. The van der Waals surface area contributed by atoms with Crippen LogP contribution in [0.5, 0.6) is 5.75 Å². The number of rotatable bonds is 3. The van der Waals surface area contributed by atoms with Crippen molar-refractivity contribution in [1.29, 1.82) is 0 Å². The van der Waals surface area contributed by atoms with Gasteiger partial charge in [-0.15, -0.1) is 0 Å². The molecular weight excluding hydrogens is 216 g/mol. The highest BCUT2D eigenvalue weighted by Gasteiger charge is 2.24. The lowest BCUT2D eigenvalue weighted by molar-refractivity contribution is -0.156. The summed E-state index contributed by atoms with van der Waals surface area (Å²) < 4.78 is 10.6. The summed E-state index contributed by atoms with van der Waals surface area (Å²) in [6.45, 7) is 7.41. The number of ether oxygens (including phenoxy) is 2. The van der Waals surface area contributed by atoms with Crippen LogP contribution in [0.25, 0.3) is 0 Å². The van der Waals surface area contributed by atoms with Crippen LogP contribution in [0.3, 0.4) is 0 Å². The second-order valence-electron chi connectivity index (χ2n) is 5.00. The molecule has 3 nitrogen and oxygen atoms in total. The van der Waals surface area contributed by atoms with E-state index in [1.807, 2.05) is 52.0 Å². The van der Waals surface area contributed by atoms with Gasteiger partial charge in [-0.2, -0.15) is 0 Å². The lowest BCUT2D eigenvalue weighted by atomic mass is 10.00. The first-order chi connectivity index (χ1) is 7.85. The van der Waals surface area contributed by atoms with Crippen molar-refractivity contribution in [3.63, 3.8) is 0 Å². The predicted molar refractivity (Wildman–Crippen MR) is 67.3 cm³/mol. The fourth-order valence-corrected chi connectivity index (χ4v) is 1.54. The van der Waals surface area contributed by atoms with Crippen molar-refractivity contribution in [3.05, 3.63) is 29.8 Å². The SMILES string of the molecule is COc1ccccc1[C@H](C)C(=O)OC(C)(C)C. The molecule has 1 aromatic carbocycles. The molecule has 0 amide bonds. The number of carbonyl (C=O) groups is 1.